The molecule has 3 atom stereocenters. The fraction of sp³-hybridized carbons (Fsp3) is 0.625. The summed E-state index contributed by atoms with van der Waals surface area (Å²) in [5.41, 5.74) is 1.29. The van der Waals surface area contributed by atoms with Crippen molar-refractivity contribution in [2.24, 2.45) is 5.92 Å². The van der Waals surface area contributed by atoms with Gasteiger partial charge in [0, 0.05) is 17.1 Å². The molecule has 100 valence electrons. The normalized spacial score (nSPS) is 25.9. The van der Waals surface area contributed by atoms with Crippen LogP contribution in [0.4, 0.5) is 0 Å². The Kier molecular flexibility index (Phi) is 5.08. The lowest BCUT2D eigenvalue weighted by Crippen LogP contribution is -2.35. The molecule has 0 heterocycles. The molecule has 0 aliphatic heterocycles. The second-order valence-corrected chi connectivity index (χ2v) is 6.02. The highest BCUT2D eigenvalue weighted by Gasteiger charge is 2.22. The van der Waals surface area contributed by atoms with E-state index in [9.17, 15) is 0 Å². The Labute approximate surface area is 116 Å². The highest BCUT2D eigenvalue weighted by atomic mass is 35.5. The first-order valence-electron chi connectivity index (χ1n) is 7.20. The molecular weight excluding hydrogens is 242 g/mol. The largest absolute Gasteiger partial charge is 0.307 e. The zero-order chi connectivity index (χ0) is 13.0. The van der Waals surface area contributed by atoms with Gasteiger partial charge >= 0.3 is 0 Å². The lowest BCUT2D eigenvalue weighted by atomic mass is 9.84. The van der Waals surface area contributed by atoms with E-state index in [-0.39, 0.29) is 0 Å². The predicted octanol–water partition coefficient (Wildman–Crippen LogP) is 4.96. The van der Waals surface area contributed by atoms with Gasteiger partial charge in [-0.3, -0.25) is 0 Å². The molecule has 1 aromatic rings. The Bertz CT molecular complexity index is 377. The van der Waals surface area contributed by atoms with Gasteiger partial charge < -0.3 is 5.32 Å². The van der Waals surface area contributed by atoms with Crippen LogP contribution in [0.25, 0.3) is 0 Å². The number of hydrogen-bond donors (Lipinski definition) is 1. The number of halogens is 1. The Morgan fingerprint density at radius 2 is 2.22 bits per heavy atom. The van der Waals surface area contributed by atoms with E-state index in [1.54, 1.807) is 0 Å². The zero-order valence-electron chi connectivity index (χ0n) is 11.5. The van der Waals surface area contributed by atoms with Crippen molar-refractivity contribution in [1.29, 1.82) is 0 Å². The van der Waals surface area contributed by atoms with Crippen LogP contribution >= 0.6 is 11.6 Å². The third-order valence-corrected chi connectivity index (χ3v) is 4.43. The Hall–Kier alpha value is -0.530. The van der Waals surface area contributed by atoms with E-state index in [0.717, 1.165) is 10.9 Å². The summed E-state index contributed by atoms with van der Waals surface area (Å²) in [6.45, 7) is 4.55. The average molecular weight is 266 g/mol. The van der Waals surface area contributed by atoms with Gasteiger partial charge in [0.15, 0.2) is 0 Å². The summed E-state index contributed by atoms with van der Waals surface area (Å²) in [6.07, 6.45) is 6.77. The predicted molar refractivity (Wildman–Crippen MR) is 79.0 cm³/mol. The summed E-state index contributed by atoms with van der Waals surface area (Å²) in [6, 6.07) is 9.27. The van der Waals surface area contributed by atoms with Crippen LogP contribution in [0.1, 0.15) is 57.6 Å². The monoisotopic (exact) mass is 265 g/mol. The van der Waals surface area contributed by atoms with Gasteiger partial charge in [-0.15, -0.1) is 0 Å². The van der Waals surface area contributed by atoms with Crippen LogP contribution in [-0.2, 0) is 0 Å². The highest BCUT2D eigenvalue weighted by Crippen LogP contribution is 2.28. The Balaban J connectivity index is 1.92. The molecule has 1 fully saturated rings. The molecule has 1 aliphatic rings. The number of nitrogens with one attached hydrogen (secondary N) is 1. The van der Waals surface area contributed by atoms with E-state index < -0.39 is 0 Å². The molecule has 0 aromatic heterocycles. The lowest BCUT2D eigenvalue weighted by molar-refractivity contribution is 0.266. The maximum Gasteiger partial charge on any atom is 0.0409 e. The van der Waals surface area contributed by atoms with Crippen molar-refractivity contribution >= 4 is 11.6 Å². The van der Waals surface area contributed by atoms with Crippen LogP contribution < -0.4 is 5.32 Å². The molecule has 1 N–H and O–H groups in total. The smallest absolute Gasteiger partial charge is 0.0409 e. The minimum atomic E-state index is 0.393. The van der Waals surface area contributed by atoms with Gasteiger partial charge in [0.25, 0.3) is 0 Å². The second-order valence-electron chi connectivity index (χ2n) is 5.58. The van der Waals surface area contributed by atoms with Crippen LogP contribution in [0.3, 0.4) is 0 Å². The molecular formula is C16H24ClN. The first-order valence-corrected chi connectivity index (χ1v) is 7.58. The van der Waals surface area contributed by atoms with Crippen molar-refractivity contribution in [1.82, 2.24) is 5.32 Å². The summed E-state index contributed by atoms with van der Waals surface area (Å²) >= 11 is 6.05. The Morgan fingerprint density at radius 3 is 2.94 bits per heavy atom. The Morgan fingerprint density at radius 1 is 1.39 bits per heavy atom. The maximum atomic E-state index is 6.05. The van der Waals surface area contributed by atoms with E-state index >= 15 is 0 Å². The molecule has 0 bridgehead atoms. The summed E-state index contributed by atoms with van der Waals surface area (Å²) in [5, 5.41) is 4.60. The van der Waals surface area contributed by atoms with Crippen LogP contribution in [-0.4, -0.2) is 6.04 Å². The number of benzene rings is 1. The molecule has 2 rings (SSSR count). The fourth-order valence-corrected chi connectivity index (χ4v) is 3.24. The molecule has 0 saturated heterocycles. The quantitative estimate of drug-likeness (QED) is 0.811. The van der Waals surface area contributed by atoms with Gasteiger partial charge in [-0.1, -0.05) is 49.9 Å². The average Bonchev–Trinajstić information content (AvgIpc) is 2.39. The SMILES string of the molecule is CCC1CCCC(NC(C)c2cccc(Cl)c2)C1. The number of rotatable bonds is 4. The van der Waals surface area contributed by atoms with E-state index in [1.165, 1.54) is 37.7 Å². The highest BCUT2D eigenvalue weighted by molar-refractivity contribution is 6.30. The molecule has 2 heteroatoms. The number of hydrogen-bond acceptors (Lipinski definition) is 1. The van der Waals surface area contributed by atoms with Crippen molar-refractivity contribution in [3.05, 3.63) is 34.9 Å². The molecule has 0 radical (unpaired) electrons. The maximum absolute atomic E-state index is 6.05. The lowest BCUT2D eigenvalue weighted by Gasteiger charge is -2.31. The van der Waals surface area contributed by atoms with Crippen LogP contribution in [0.5, 0.6) is 0 Å². The van der Waals surface area contributed by atoms with Crippen LogP contribution in [0.2, 0.25) is 5.02 Å². The van der Waals surface area contributed by atoms with E-state index in [4.69, 9.17) is 11.6 Å². The molecule has 1 nitrogen and oxygen atoms in total. The van der Waals surface area contributed by atoms with E-state index in [1.807, 2.05) is 12.1 Å². The minimum Gasteiger partial charge on any atom is -0.307 e. The van der Waals surface area contributed by atoms with Gasteiger partial charge in [0.05, 0.1) is 0 Å². The van der Waals surface area contributed by atoms with Gasteiger partial charge in [-0.2, -0.15) is 0 Å². The minimum absolute atomic E-state index is 0.393. The summed E-state index contributed by atoms with van der Waals surface area (Å²) < 4.78 is 0. The van der Waals surface area contributed by atoms with E-state index in [2.05, 4.69) is 31.3 Å². The van der Waals surface area contributed by atoms with Crippen LogP contribution in [0, 0.1) is 5.92 Å². The molecule has 1 aromatic carbocycles. The van der Waals surface area contributed by atoms with Crippen molar-refractivity contribution in [2.75, 3.05) is 0 Å². The fourth-order valence-electron chi connectivity index (χ4n) is 3.04. The van der Waals surface area contributed by atoms with Gasteiger partial charge in [0.1, 0.15) is 0 Å². The van der Waals surface area contributed by atoms with Crippen molar-refractivity contribution in [3.63, 3.8) is 0 Å². The molecule has 1 aliphatic carbocycles. The third-order valence-electron chi connectivity index (χ3n) is 4.19. The van der Waals surface area contributed by atoms with Crippen molar-refractivity contribution < 1.29 is 0 Å². The summed E-state index contributed by atoms with van der Waals surface area (Å²) in [5.74, 6) is 0.919. The van der Waals surface area contributed by atoms with Gasteiger partial charge in [-0.05, 0) is 43.4 Å². The molecule has 18 heavy (non-hydrogen) atoms. The van der Waals surface area contributed by atoms with Gasteiger partial charge in [-0.25, -0.2) is 0 Å². The van der Waals surface area contributed by atoms with Crippen LogP contribution in [0.15, 0.2) is 24.3 Å². The first-order chi connectivity index (χ1) is 8.69. The molecule has 3 unspecified atom stereocenters. The molecule has 1 saturated carbocycles. The van der Waals surface area contributed by atoms with Crippen molar-refractivity contribution in [2.45, 2.75) is 58.0 Å². The van der Waals surface area contributed by atoms with Crippen molar-refractivity contribution in [3.8, 4) is 0 Å². The topological polar surface area (TPSA) is 12.0 Å². The summed E-state index contributed by atoms with van der Waals surface area (Å²) in [7, 11) is 0. The van der Waals surface area contributed by atoms with E-state index in [0.29, 0.717) is 12.1 Å². The zero-order valence-corrected chi connectivity index (χ0v) is 12.2. The molecule has 0 amide bonds. The van der Waals surface area contributed by atoms with Gasteiger partial charge in [0.2, 0.25) is 0 Å². The molecule has 0 spiro atoms. The standard InChI is InChI=1S/C16H24ClN/c1-3-13-6-4-9-16(10-13)18-12(2)14-7-5-8-15(17)11-14/h5,7-8,11-13,16,18H,3-4,6,9-10H2,1-2H3. The summed E-state index contributed by atoms with van der Waals surface area (Å²) in [4.78, 5) is 0. The second kappa shape index (κ2) is 6.58. The first kappa shape index (κ1) is 13.9. The third kappa shape index (κ3) is 3.73.